The van der Waals surface area contributed by atoms with Crippen molar-refractivity contribution in [1.82, 2.24) is 0 Å². The van der Waals surface area contributed by atoms with E-state index in [4.69, 9.17) is 10.1 Å². The van der Waals surface area contributed by atoms with E-state index in [9.17, 15) is 0 Å². The van der Waals surface area contributed by atoms with Gasteiger partial charge in [-0.3, -0.25) is 5.41 Å². The molecule has 2 heteroatoms. The van der Waals surface area contributed by atoms with Crippen LogP contribution in [0.5, 0.6) is 5.75 Å². The van der Waals surface area contributed by atoms with Gasteiger partial charge in [0, 0.05) is 22.6 Å². The molecule has 0 fully saturated rings. The molecule has 1 aliphatic carbocycles. The van der Waals surface area contributed by atoms with E-state index in [1.54, 1.807) is 7.11 Å². The Kier molecular flexibility index (Phi) is 4.15. The first-order valence-corrected chi connectivity index (χ1v) is 9.38. The van der Waals surface area contributed by atoms with Crippen LogP contribution >= 0.6 is 0 Å². The third-order valence-electron chi connectivity index (χ3n) is 5.87. The Labute approximate surface area is 161 Å². The molecule has 0 heterocycles. The van der Waals surface area contributed by atoms with Crippen molar-refractivity contribution in [2.75, 3.05) is 7.11 Å². The van der Waals surface area contributed by atoms with Gasteiger partial charge in [-0.15, -0.1) is 0 Å². The summed E-state index contributed by atoms with van der Waals surface area (Å²) in [5, 5.41) is 9.05. The third-order valence-corrected chi connectivity index (χ3v) is 5.87. The maximum Gasteiger partial charge on any atom is 0.123 e. The topological polar surface area (TPSA) is 33.1 Å². The van der Waals surface area contributed by atoms with Gasteiger partial charge in [0.25, 0.3) is 0 Å². The molecule has 0 atom stereocenters. The molecule has 1 N–H and O–H groups in total. The summed E-state index contributed by atoms with van der Waals surface area (Å²) in [4.78, 5) is 0. The molecule has 2 nitrogen and oxygen atoms in total. The zero-order valence-electron chi connectivity index (χ0n) is 16.6. The highest BCUT2D eigenvalue weighted by Crippen LogP contribution is 2.47. The fourth-order valence-electron chi connectivity index (χ4n) is 4.56. The summed E-state index contributed by atoms with van der Waals surface area (Å²) in [5.41, 5.74) is 11.2. The normalized spacial score (nSPS) is 15.3. The molecule has 0 radical (unpaired) electrons. The zero-order chi connectivity index (χ0) is 19.3. The van der Waals surface area contributed by atoms with Crippen molar-refractivity contribution in [3.8, 4) is 5.75 Å². The number of hydrogen-bond donors (Lipinski definition) is 1. The summed E-state index contributed by atoms with van der Waals surface area (Å²) in [6.45, 7) is 8.54. The molecule has 3 aromatic carbocycles. The van der Waals surface area contributed by atoms with Crippen molar-refractivity contribution in [3.05, 3.63) is 98.6 Å². The number of aryl methyl sites for hydroxylation is 4. The molecule has 0 aromatic heterocycles. The Bertz CT molecular complexity index is 1020. The van der Waals surface area contributed by atoms with Crippen LogP contribution in [0.4, 0.5) is 0 Å². The standard InChI is InChI=1S/C25H25NO/c1-14-10-12-16(3)22-20(14)24(18-8-6-7-9-19(18)27-5)21-15(2)11-13-17(4)23(21)25(22)26/h6-13,24,26H,1-5H3. The Morgan fingerprint density at radius 2 is 1.19 bits per heavy atom. The minimum atomic E-state index is 0.0695. The monoisotopic (exact) mass is 355 g/mol. The van der Waals surface area contributed by atoms with Crippen LogP contribution in [-0.4, -0.2) is 12.8 Å². The summed E-state index contributed by atoms with van der Waals surface area (Å²) in [5.74, 6) is 0.967. The third kappa shape index (κ3) is 2.51. The number of ether oxygens (including phenoxy) is 1. The minimum absolute atomic E-state index is 0.0695. The van der Waals surface area contributed by atoms with E-state index >= 15 is 0 Å². The minimum Gasteiger partial charge on any atom is -0.496 e. The molecule has 4 rings (SSSR count). The van der Waals surface area contributed by atoms with Crippen LogP contribution < -0.4 is 4.74 Å². The first kappa shape index (κ1) is 17.5. The molecule has 0 unspecified atom stereocenters. The number of rotatable bonds is 2. The Morgan fingerprint density at radius 1 is 0.704 bits per heavy atom. The summed E-state index contributed by atoms with van der Waals surface area (Å²) in [6.07, 6.45) is 0. The zero-order valence-corrected chi connectivity index (χ0v) is 16.6. The first-order valence-electron chi connectivity index (χ1n) is 9.38. The van der Waals surface area contributed by atoms with Crippen LogP contribution in [-0.2, 0) is 0 Å². The Morgan fingerprint density at radius 3 is 1.70 bits per heavy atom. The second-order valence-electron chi connectivity index (χ2n) is 7.53. The number of fused-ring (bicyclic) bond motifs is 2. The predicted molar refractivity (Wildman–Crippen MR) is 112 cm³/mol. The average molecular weight is 355 g/mol. The van der Waals surface area contributed by atoms with Crippen LogP contribution in [0.2, 0.25) is 0 Å². The number of nitrogens with one attached hydrogen (secondary N) is 1. The molecule has 0 aliphatic heterocycles. The molecule has 0 amide bonds. The predicted octanol–water partition coefficient (Wildman–Crippen LogP) is 5.84. The van der Waals surface area contributed by atoms with Crippen LogP contribution in [0.25, 0.3) is 0 Å². The summed E-state index contributed by atoms with van der Waals surface area (Å²) >= 11 is 0. The lowest BCUT2D eigenvalue weighted by Crippen LogP contribution is -2.25. The number of hydrogen-bond acceptors (Lipinski definition) is 2. The highest BCUT2D eigenvalue weighted by molar-refractivity contribution is 6.16. The average Bonchev–Trinajstić information content (AvgIpc) is 2.67. The number of para-hydroxylation sites is 1. The fourth-order valence-corrected chi connectivity index (χ4v) is 4.56. The Hall–Kier alpha value is -2.87. The SMILES string of the molecule is COc1ccccc1C1c2c(C)ccc(C)c2C(=N)c2c(C)ccc(C)c21. The maximum atomic E-state index is 9.05. The van der Waals surface area contributed by atoms with Crippen molar-refractivity contribution < 1.29 is 4.74 Å². The molecule has 136 valence electrons. The largest absolute Gasteiger partial charge is 0.496 e. The van der Waals surface area contributed by atoms with Gasteiger partial charge < -0.3 is 4.74 Å². The van der Waals surface area contributed by atoms with E-state index in [0.717, 1.165) is 33.6 Å². The maximum absolute atomic E-state index is 9.05. The van der Waals surface area contributed by atoms with Crippen molar-refractivity contribution in [2.24, 2.45) is 0 Å². The van der Waals surface area contributed by atoms with E-state index in [1.165, 1.54) is 22.3 Å². The van der Waals surface area contributed by atoms with Gasteiger partial charge in [-0.2, -0.15) is 0 Å². The van der Waals surface area contributed by atoms with Crippen molar-refractivity contribution in [1.29, 1.82) is 5.41 Å². The van der Waals surface area contributed by atoms with Gasteiger partial charge in [-0.05, 0) is 67.1 Å². The molecule has 3 aromatic rings. The summed E-state index contributed by atoms with van der Waals surface area (Å²) in [6, 6.07) is 16.9. The van der Waals surface area contributed by atoms with E-state index in [1.807, 2.05) is 12.1 Å². The molecule has 1 aliphatic rings. The summed E-state index contributed by atoms with van der Waals surface area (Å²) in [7, 11) is 1.73. The van der Waals surface area contributed by atoms with Gasteiger partial charge in [-0.1, -0.05) is 42.5 Å². The smallest absolute Gasteiger partial charge is 0.123 e. The lowest BCUT2D eigenvalue weighted by Gasteiger charge is -2.34. The van der Waals surface area contributed by atoms with Gasteiger partial charge in [0.05, 0.1) is 12.8 Å². The molecule has 27 heavy (non-hydrogen) atoms. The molecule has 0 spiro atoms. The van der Waals surface area contributed by atoms with E-state index in [2.05, 4.69) is 64.1 Å². The molecular formula is C25H25NO. The van der Waals surface area contributed by atoms with Crippen LogP contribution in [0, 0.1) is 33.1 Å². The van der Waals surface area contributed by atoms with Crippen molar-refractivity contribution >= 4 is 5.71 Å². The van der Waals surface area contributed by atoms with Gasteiger partial charge in [0.1, 0.15) is 5.75 Å². The molecule has 0 saturated carbocycles. The Balaban J connectivity index is 2.17. The van der Waals surface area contributed by atoms with Crippen molar-refractivity contribution in [3.63, 3.8) is 0 Å². The lowest BCUT2D eigenvalue weighted by molar-refractivity contribution is 0.409. The van der Waals surface area contributed by atoms with E-state index in [0.29, 0.717) is 5.71 Å². The van der Waals surface area contributed by atoms with Crippen LogP contribution in [0.3, 0.4) is 0 Å². The first-order chi connectivity index (χ1) is 13.0. The molecule has 0 bridgehead atoms. The fraction of sp³-hybridized carbons (Fsp3) is 0.240. The van der Waals surface area contributed by atoms with Gasteiger partial charge >= 0.3 is 0 Å². The molecule has 0 saturated heterocycles. The van der Waals surface area contributed by atoms with Crippen molar-refractivity contribution in [2.45, 2.75) is 33.6 Å². The quantitative estimate of drug-likeness (QED) is 0.481. The van der Waals surface area contributed by atoms with Gasteiger partial charge in [0.2, 0.25) is 0 Å². The summed E-state index contributed by atoms with van der Waals surface area (Å²) < 4.78 is 5.74. The second-order valence-corrected chi connectivity index (χ2v) is 7.53. The highest BCUT2D eigenvalue weighted by Gasteiger charge is 2.35. The van der Waals surface area contributed by atoms with E-state index in [-0.39, 0.29) is 5.92 Å². The number of methoxy groups -OCH3 is 1. The second kappa shape index (κ2) is 6.38. The van der Waals surface area contributed by atoms with Crippen LogP contribution in [0.15, 0.2) is 48.5 Å². The van der Waals surface area contributed by atoms with E-state index < -0.39 is 0 Å². The lowest BCUT2D eigenvalue weighted by atomic mass is 9.69. The number of benzene rings is 3. The van der Waals surface area contributed by atoms with Gasteiger partial charge in [0.15, 0.2) is 0 Å². The highest BCUT2D eigenvalue weighted by atomic mass is 16.5. The molecular weight excluding hydrogens is 330 g/mol. The van der Waals surface area contributed by atoms with Gasteiger partial charge in [-0.25, -0.2) is 0 Å². The van der Waals surface area contributed by atoms with Crippen LogP contribution in [0.1, 0.15) is 56.0 Å².